The molecule has 28 heavy (non-hydrogen) atoms. The zero-order chi connectivity index (χ0) is 20.4. The quantitative estimate of drug-likeness (QED) is 0.580. The third-order valence-corrected chi connectivity index (χ3v) is 3.64. The van der Waals surface area contributed by atoms with Gasteiger partial charge in [0.1, 0.15) is 13.2 Å². The topological polar surface area (TPSA) is 123 Å². The molecule has 0 fully saturated rings. The second-order valence-corrected chi connectivity index (χ2v) is 7.19. The van der Waals surface area contributed by atoms with Crippen LogP contribution in [0.2, 0.25) is 0 Å². The van der Waals surface area contributed by atoms with Crippen molar-refractivity contribution in [3.8, 4) is 0 Å². The molecule has 2 N–H and O–H groups in total. The normalized spacial score (nSPS) is 10.5. The van der Waals surface area contributed by atoms with E-state index >= 15 is 0 Å². The van der Waals surface area contributed by atoms with Gasteiger partial charge in [-0.05, 0) is 11.1 Å². The summed E-state index contributed by atoms with van der Waals surface area (Å²) in [5, 5.41) is 4.14. The Labute approximate surface area is 162 Å². The molecule has 0 radical (unpaired) electrons. The largest absolute Gasteiger partial charge is 0.444 e. The molecule has 2 amide bonds. The Morgan fingerprint density at radius 2 is 1.21 bits per heavy atom. The van der Waals surface area contributed by atoms with Gasteiger partial charge in [-0.15, -0.1) is 4.40 Å². The monoisotopic (exact) mass is 405 g/mol. The van der Waals surface area contributed by atoms with E-state index in [1.807, 2.05) is 12.1 Å². The summed E-state index contributed by atoms with van der Waals surface area (Å²) in [6, 6.07) is 17.7. The van der Waals surface area contributed by atoms with Crippen molar-refractivity contribution in [3.05, 3.63) is 71.8 Å². The molecule has 0 spiro atoms. The number of hydrogen-bond acceptors (Lipinski definition) is 6. The number of alkyl carbamates (subject to hydrolysis) is 2. The molecular weight excluding hydrogens is 386 g/mol. The van der Waals surface area contributed by atoms with Crippen LogP contribution < -0.4 is 10.6 Å². The average Bonchev–Trinajstić information content (AvgIpc) is 2.65. The molecule has 0 heterocycles. The maximum Gasteiger partial charge on any atom is 0.414 e. The first-order valence-electron chi connectivity index (χ1n) is 8.07. The third-order valence-electron chi connectivity index (χ3n) is 3.12. The van der Waals surface area contributed by atoms with E-state index in [2.05, 4.69) is 15.0 Å². The maximum atomic E-state index is 11.9. The van der Waals surface area contributed by atoms with Crippen molar-refractivity contribution in [3.63, 3.8) is 0 Å². The Kier molecular flexibility index (Phi) is 7.52. The molecule has 0 atom stereocenters. The summed E-state index contributed by atoms with van der Waals surface area (Å²) >= 11 is 0. The van der Waals surface area contributed by atoms with Crippen LogP contribution in [0.3, 0.4) is 0 Å². The van der Waals surface area contributed by atoms with Crippen LogP contribution in [0.4, 0.5) is 9.59 Å². The first-order valence-corrected chi connectivity index (χ1v) is 9.92. The van der Waals surface area contributed by atoms with Crippen molar-refractivity contribution in [1.82, 2.24) is 10.6 Å². The second kappa shape index (κ2) is 10.1. The summed E-state index contributed by atoms with van der Waals surface area (Å²) in [7, 11) is -3.90. The fourth-order valence-electron chi connectivity index (χ4n) is 1.95. The van der Waals surface area contributed by atoms with Crippen LogP contribution in [0.15, 0.2) is 65.1 Å². The van der Waals surface area contributed by atoms with Crippen LogP contribution in [-0.2, 0) is 32.7 Å². The molecule has 9 nitrogen and oxygen atoms in total. The number of carbonyl (C=O) groups is 2. The highest BCUT2D eigenvalue weighted by Gasteiger charge is 2.14. The van der Waals surface area contributed by atoms with Crippen molar-refractivity contribution < 1.29 is 27.5 Å². The van der Waals surface area contributed by atoms with E-state index in [0.29, 0.717) is 0 Å². The Bertz CT molecular complexity index is 871. The van der Waals surface area contributed by atoms with Crippen molar-refractivity contribution in [1.29, 1.82) is 0 Å². The van der Waals surface area contributed by atoms with Crippen LogP contribution in [0, 0.1) is 0 Å². The van der Waals surface area contributed by atoms with Crippen molar-refractivity contribution in [2.45, 2.75) is 13.2 Å². The van der Waals surface area contributed by atoms with Gasteiger partial charge >= 0.3 is 12.2 Å². The van der Waals surface area contributed by atoms with Crippen LogP contribution in [0.1, 0.15) is 11.1 Å². The SMILES string of the molecule is CS(=O)(=O)N=C(NC(=O)OCc1ccccc1)NC(=O)OCc1ccccc1. The molecule has 0 aliphatic carbocycles. The molecular formula is C18H19N3O6S. The van der Waals surface area contributed by atoms with Gasteiger partial charge in [0.25, 0.3) is 10.0 Å². The van der Waals surface area contributed by atoms with Gasteiger partial charge in [0.2, 0.25) is 5.96 Å². The lowest BCUT2D eigenvalue weighted by molar-refractivity contribution is 0.141. The highest BCUT2D eigenvalue weighted by molar-refractivity contribution is 7.89. The first-order chi connectivity index (χ1) is 13.3. The summed E-state index contributed by atoms with van der Waals surface area (Å²) < 4.78 is 36.0. The minimum Gasteiger partial charge on any atom is -0.444 e. The molecule has 2 aromatic carbocycles. The number of guanidine groups is 1. The fourth-order valence-corrected chi connectivity index (χ4v) is 2.38. The van der Waals surface area contributed by atoms with Gasteiger partial charge < -0.3 is 9.47 Å². The molecule has 0 unspecified atom stereocenters. The number of sulfonamides is 1. The number of amides is 2. The van der Waals surface area contributed by atoms with Gasteiger partial charge in [-0.25, -0.2) is 18.0 Å². The van der Waals surface area contributed by atoms with Crippen molar-refractivity contribution in [2.75, 3.05) is 6.26 Å². The smallest absolute Gasteiger partial charge is 0.414 e. The predicted octanol–water partition coefficient (Wildman–Crippen LogP) is 2.15. The zero-order valence-electron chi connectivity index (χ0n) is 15.0. The molecule has 148 valence electrons. The minimum atomic E-state index is -3.90. The molecule has 0 aliphatic heterocycles. The highest BCUT2D eigenvalue weighted by atomic mass is 32.2. The Hall–Kier alpha value is -3.40. The Morgan fingerprint density at radius 1 is 0.821 bits per heavy atom. The summed E-state index contributed by atoms with van der Waals surface area (Å²) in [4.78, 5) is 23.7. The number of nitrogens with zero attached hydrogens (tertiary/aromatic N) is 1. The lowest BCUT2D eigenvalue weighted by Crippen LogP contribution is -2.44. The lowest BCUT2D eigenvalue weighted by atomic mass is 10.2. The van der Waals surface area contributed by atoms with E-state index in [1.54, 1.807) is 48.5 Å². The lowest BCUT2D eigenvalue weighted by Gasteiger charge is -2.11. The maximum absolute atomic E-state index is 11.9. The Morgan fingerprint density at radius 3 is 1.57 bits per heavy atom. The Balaban J connectivity index is 1.92. The van der Waals surface area contributed by atoms with Gasteiger partial charge in [0, 0.05) is 0 Å². The van der Waals surface area contributed by atoms with E-state index in [1.165, 1.54) is 0 Å². The minimum absolute atomic E-state index is 0.0444. The van der Waals surface area contributed by atoms with E-state index in [0.717, 1.165) is 17.4 Å². The van der Waals surface area contributed by atoms with Gasteiger partial charge in [-0.3, -0.25) is 10.6 Å². The summed E-state index contributed by atoms with van der Waals surface area (Å²) in [5.41, 5.74) is 1.46. The molecule has 0 aliphatic rings. The number of carbonyl (C=O) groups excluding carboxylic acids is 2. The van der Waals surface area contributed by atoms with Gasteiger partial charge in [0.05, 0.1) is 6.26 Å². The van der Waals surface area contributed by atoms with Gasteiger partial charge in [0.15, 0.2) is 0 Å². The van der Waals surface area contributed by atoms with E-state index in [4.69, 9.17) is 9.47 Å². The van der Waals surface area contributed by atoms with E-state index < -0.39 is 28.2 Å². The standard InChI is InChI=1S/C18H19N3O6S/c1-28(24,25)21-16(19-17(22)26-12-14-8-4-2-5-9-14)20-18(23)27-13-15-10-6-3-7-11-15/h2-11H,12-13H2,1H3,(H2,19,20,21,22,23). The predicted molar refractivity (Wildman–Crippen MR) is 102 cm³/mol. The van der Waals surface area contributed by atoms with Crippen LogP contribution in [0.5, 0.6) is 0 Å². The number of ether oxygens (including phenoxy) is 2. The van der Waals surface area contributed by atoms with Crippen LogP contribution >= 0.6 is 0 Å². The summed E-state index contributed by atoms with van der Waals surface area (Å²) in [5.74, 6) is -0.626. The first kappa shape index (κ1) is 20.9. The fraction of sp³-hybridized carbons (Fsp3) is 0.167. The average molecular weight is 405 g/mol. The van der Waals surface area contributed by atoms with Crippen molar-refractivity contribution in [2.24, 2.45) is 4.40 Å². The van der Waals surface area contributed by atoms with Crippen LogP contribution in [-0.4, -0.2) is 32.8 Å². The molecule has 0 saturated carbocycles. The van der Waals surface area contributed by atoms with Crippen LogP contribution in [0.25, 0.3) is 0 Å². The molecule has 0 saturated heterocycles. The summed E-state index contributed by atoms with van der Waals surface area (Å²) in [6.07, 6.45) is -1.18. The molecule has 2 rings (SSSR count). The molecule has 2 aromatic rings. The third kappa shape index (κ3) is 8.32. The number of nitrogens with one attached hydrogen (secondary N) is 2. The van der Waals surface area contributed by atoms with Gasteiger partial charge in [-0.2, -0.15) is 0 Å². The van der Waals surface area contributed by atoms with Crippen molar-refractivity contribution >= 4 is 28.2 Å². The van der Waals surface area contributed by atoms with Gasteiger partial charge in [-0.1, -0.05) is 60.7 Å². The van der Waals surface area contributed by atoms with E-state index in [-0.39, 0.29) is 13.2 Å². The molecule has 0 aromatic heterocycles. The molecule has 10 heteroatoms. The number of benzene rings is 2. The second-order valence-electron chi connectivity index (χ2n) is 5.55. The number of hydrogen-bond donors (Lipinski definition) is 2. The van der Waals surface area contributed by atoms with E-state index in [9.17, 15) is 18.0 Å². The zero-order valence-corrected chi connectivity index (χ0v) is 15.8. The highest BCUT2D eigenvalue weighted by Crippen LogP contribution is 2.02. The number of rotatable bonds is 5. The molecule has 0 bridgehead atoms. The summed E-state index contributed by atoms with van der Waals surface area (Å²) in [6.45, 7) is -0.0887.